The monoisotopic (exact) mass is 851 g/mol. The Morgan fingerprint density at radius 1 is 0.905 bits per heavy atom. The zero-order valence-electron chi connectivity index (χ0n) is 39.2. The third-order valence-corrected chi connectivity index (χ3v) is 15.8. The number of hydrazine groups is 1. The molecule has 0 amide bonds. The molecule has 3 N–H and O–H groups in total. The molecule has 5 fully saturated rings. The van der Waals surface area contributed by atoms with E-state index in [9.17, 15) is 0 Å². The second-order valence-corrected chi connectivity index (χ2v) is 20.8. The third kappa shape index (κ3) is 8.99. The van der Waals surface area contributed by atoms with Crippen LogP contribution >= 0.6 is 0 Å². The Morgan fingerprint density at radius 2 is 1.65 bits per heavy atom. The van der Waals surface area contributed by atoms with Crippen molar-refractivity contribution in [1.29, 1.82) is 0 Å². The molecule has 4 saturated heterocycles. The summed E-state index contributed by atoms with van der Waals surface area (Å²) in [6.07, 6.45) is 15.1. The summed E-state index contributed by atoms with van der Waals surface area (Å²) in [6.45, 7) is 35.5. The number of allylic oxidation sites excluding steroid dienone is 2. The van der Waals surface area contributed by atoms with Crippen LogP contribution < -0.4 is 30.8 Å². The Labute approximate surface area is 378 Å². The van der Waals surface area contributed by atoms with Crippen LogP contribution in [0.2, 0.25) is 0 Å². The van der Waals surface area contributed by atoms with Crippen molar-refractivity contribution in [3.8, 4) is 0 Å². The molecular formula is C53H74N10. The maximum atomic E-state index is 5.22. The molecule has 10 nitrogen and oxygen atoms in total. The number of aryl methyl sites for hydroxylation is 2. The van der Waals surface area contributed by atoms with Crippen molar-refractivity contribution in [3.05, 3.63) is 108 Å². The Hall–Kier alpha value is -4.80. The van der Waals surface area contributed by atoms with Crippen molar-refractivity contribution in [3.63, 3.8) is 0 Å². The lowest BCUT2D eigenvalue weighted by atomic mass is 9.72. The van der Waals surface area contributed by atoms with Crippen LogP contribution in [0.4, 0.5) is 28.8 Å². The first-order chi connectivity index (χ1) is 30.3. The average Bonchev–Trinajstić information content (AvgIpc) is 3.79. The Kier molecular flexibility index (Phi) is 12.2. The van der Waals surface area contributed by atoms with Gasteiger partial charge in [-0.2, -0.15) is 4.98 Å². The van der Waals surface area contributed by atoms with Gasteiger partial charge in [-0.1, -0.05) is 78.1 Å². The molecule has 5 aliphatic heterocycles. The molecule has 1 aromatic heterocycles. The highest BCUT2D eigenvalue weighted by molar-refractivity contribution is 5.74. The average molecular weight is 851 g/mol. The maximum Gasteiger partial charge on any atom is 0.229 e. The van der Waals surface area contributed by atoms with Gasteiger partial charge in [-0.3, -0.25) is 0 Å². The van der Waals surface area contributed by atoms with E-state index < -0.39 is 0 Å². The second kappa shape index (κ2) is 17.6. The molecular weight excluding hydrogens is 777 g/mol. The van der Waals surface area contributed by atoms with E-state index in [-0.39, 0.29) is 5.41 Å². The molecule has 6 heterocycles. The minimum atomic E-state index is -0.0730. The van der Waals surface area contributed by atoms with Gasteiger partial charge in [-0.25, -0.2) is 9.99 Å². The van der Waals surface area contributed by atoms with Gasteiger partial charge in [0.25, 0.3) is 0 Å². The van der Waals surface area contributed by atoms with Crippen LogP contribution in [-0.2, 0) is 6.42 Å². The molecule has 1 aliphatic carbocycles. The molecule has 10 heteroatoms. The number of aromatic nitrogens is 2. The molecule has 1 spiro atoms. The van der Waals surface area contributed by atoms with Gasteiger partial charge in [-0.05, 0) is 124 Å². The Bertz CT molecular complexity index is 2210. The molecule has 0 radical (unpaired) electrons. The van der Waals surface area contributed by atoms with Crippen LogP contribution in [-0.4, -0.2) is 85.3 Å². The number of piperidine rings is 3. The van der Waals surface area contributed by atoms with Crippen molar-refractivity contribution in [1.82, 2.24) is 30.6 Å². The maximum absolute atomic E-state index is 5.22. The highest BCUT2D eigenvalue weighted by atomic mass is 15.5. The van der Waals surface area contributed by atoms with Gasteiger partial charge in [0, 0.05) is 103 Å². The number of rotatable bonds is 11. The van der Waals surface area contributed by atoms with Crippen LogP contribution in [0.15, 0.2) is 86.0 Å². The summed E-state index contributed by atoms with van der Waals surface area (Å²) in [5.41, 5.74) is 16.9. The standard InChI is InChI=1S/C53H74N10/c1-10-42-30-43(16-19-47(42)56-51-54-31-49-50(57-51)63(45-13-11-12-14-45)33-52(7,8)40(6)59(49)9)38(4)58-62-34-53(35-62)23-27-60(28-24-53)32-41-21-25-61(26-22-41)48-20-17-44(29-36(48)2)46-18-15-37(3)55-39(46)5/h16-17,19-20,29-31,41,45-46,55,58H,3-6,10-15,18,21-28,32-35H2,1-2,7-9H3,(H,54,56,57). The summed E-state index contributed by atoms with van der Waals surface area (Å²) in [5, 5.41) is 9.39. The Morgan fingerprint density at radius 3 is 2.35 bits per heavy atom. The lowest BCUT2D eigenvalue weighted by Crippen LogP contribution is -2.63. The summed E-state index contributed by atoms with van der Waals surface area (Å²) >= 11 is 0. The summed E-state index contributed by atoms with van der Waals surface area (Å²) in [7, 11) is 2.11. The normalized spacial score (nSPS) is 23.3. The molecule has 2 aromatic carbocycles. The van der Waals surface area contributed by atoms with Gasteiger partial charge in [0.05, 0.1) is 6.20 Å². The smallest absolute Gasteiger partial charge is 0.229 e. The van der Waals surface area contributed by atoms with Gasteiger partial charge in [-0.15, -0.1) is 0 Å². The molecule has 63 heavy (non-hydrogen) atoms. The van der Waals surface area contributed by atoms with E-state index in [0.717, 1.165) is 103 Å². The van der Waals surface area contributed by atoms with Crippen LogP contribution in [0.1, 0.15) is 113 Å². The molecule has 9 rings (SSSR count). The van der Waals surface area contributed by atoms with Crippen molar-refractivity contribution in [2.75, 3.05) is 79.4 Å². The number of benzene rings is 2. The number of nitrogens with one attached hydrogen (secondary N) is 3. The highest BCUT2D eigenvalue weighted by Gasteiger charge is 2.45. The Balaban J connectivity index is 0.740. The zero-order valence-corrected chi connectivity index (χ0v) is 39.2. The summed E-state index contributed by atoms with van der Waals surface area (Å²) in [4.78, 5) is 20.2. The largest absolute Gasteiger partial charge is 0.371 e. The fourth-order valence-electron chi connectivity index (χ4n) is 11.7. The second-order valence-electron chi connectivity index (χ2n) is 20.8. The number of hydrogen-bond donors (Lipinski definition) is 3. The van der Waals surface area contributed by atoms with Crippen LogP contribution in [0, 0.1) is 23.7 Å². The minimum absolute atomic E-state index is 0.0730. The minimum Gasteiger partial charge on any atom is -0.371 e. The molecule has 0 bridgehead atoms. The first-order valence-corrected chi connectivity index (χ1v) is 24.2. The number of likely N-dealkylation sites (tertiary alicyclic amines) is 1. The van der Waals surface area contributed by atoms with Crippen LogP contribution in [0.3, 0.4) is 0 Å². The topological polar surface area (TPSA) is 78.1 Å². The van der Waals surface area contributed by atoms with E-state index in [4.69, 9.17) is 9.97 Å². The summed E-state index contributed by atoms with van der Waals surface area (Å²) in [5.74, 6) is 2.80. The number of nitrogens with zero attached hydrogens (tertiary/aromatic N) is 7. The van der Waals surface area contributed by atoms with Crippen LogP contribution in [0.25, 0.3) is 5.70 Å². The molecule has 1 atom stereocenters. The fourth-order valence-corrected chi connectivity index (χ4v) is 11.7. The van der Waals surface area contributed by atoms with Gasteiger partial charge < -0.3 is 35.7 Å². The lowest BCUT2D eigenvalue weighted by molar-refractivity contribution is -0.0661. The van der Waals surface area contributed by atoms with Gasteiger partial charge in [0.1, 0.15) is 5.69 Å². The van der Waals surface area contributed by atoms with E-state index in [1.165, 1.54) is 93.4 Å². The first-order valence-electron chi connectivity index (χ1n) is 24.2. The quantitative estimate of drug-likeness (QED) is 0.174. The van der Waals surface area contributed by atoms with Gasteiger partial charge >= 0.3 is 0 Å². The lowest BCUT2D eigenvalue weighted by Gasteiger charge is -2.54. The first kappa shape index (κ1) is 43.5. The van der Waals surface area contributed by atoms with Crippen molar-refractivity contribution in [2.24, 2.45) is 16.7 Å². The molecule has 3 aromatic rings. The van der Waals surface area contributed by atoms with E-state index in [1.54, 1.807) is 0 Å². The highest BCUT2D eigenvalue weighted by Crippen LogP contribution is 2.45. The molecule has 6 aliphatic rings. The van der Waals surface area contributed by atoms with Crippen molar-refractivity contribution < 1.29 is 0 Å². The van der Waals surface area contributed by atoms with Crippen LogP contribution in [0.5, 0.6) is 0 Å². The van der Waals surface area contributed by atoms with E-state index in [0.29, 0.717) is 23.3 Å². The molecule has 1 unspecified atom stereocenters. The third-order valence-electron chi connectivity index (χ3n) is 15.8. The SMILES string of the molecule is C=C1CCC(c2ccc(N3CCC(CN4CCC5(CC4)CN(NC(=C)c4ccc(Nc6ncc7c(n6)N(C6CCCC6)CC(C)(C)C(=C)N7C)c(CC)c4)C5)CC3)c(C)c2)C(=C)N1. The number of fused-ring (bicyclic) bond motifs is 1. The number of anilines is 5. The van der Waals surface area contributed by atoms with Gasteiger partial charge in [0.15, 0.2) is 5.82 Å². The predicted molar refractivity (Wildman–Crippen MR) is 263 cm³/mol. The van der Waals surface area contributed by atoms with Crippen molar-refractivity contribution in [2.45, 2.75) is 110 Å². The fraction of sp³-hybridized carbons (Fsp3) is 0.547. The number of hydrogen-bond acceptors (Lipinski definition) is 10. The van der Waals surface area contributed by atoms with E-state index in [2.05, 4.69) is 138 Å². The van der Waals surface area contributed by atoms with Gasteiger partial charge in [0.2, 0.25) is 5.95 Å². The summed E-state index contributed by atoms with van der Waals surface area (Å²) in [6, 6.07) is 14.2. The van der Waals surface area contributed by atoms with E-state index >= 15 is 0 Å². The molecule has 1 saturated carbocycles. The summed E-state index contributed by atoms with van der Waals surface area (Å²) < 4.78 is 0. The van der Waals surface area contributed by atoms with Crippen molar-refractivity contribution >= 4 is 34.5 Å². The predicted octanol–water partition coefficient (Wildman–Crippen LogP) is 10.1. The zero-order chi connectivity index (χ0) is 44.0. The van der Waals surface area contributed by atoms with E-state index in [1.807, 2.05) is 6.20 Å². The molecule has 336 valence electrons.